The molecule has 0 saturated carbocycles. The molecule has 1 aromatic heterocycles. The molecule has 0 N–H and O–H groups in total. The summed E-state index contributed by atoms with van der Waals surface area (Å²) >= 11 is 1.91. The average Bonchev–Trinajstić information content (AvgIpc) is 3.00. The molecule has 0 saturated heterocycles. The normalized spacial score (nSPS) is 13.6. The molecule has 4 rings (SSSR count). The van der Waals surface area contributed by atoms with Crippen LogP contribution in [-0.4, -0.2) is 12.3 Å². The van der Waals surface area contributed by atoms with Crippen LogP contribution >= 0.6 is 11.3 Å². The lowest BCUT2D eigenvalue weighted by molar-refractivity contribution is 0.965. The van der Waals surface area contributed by atoms with Crippen LogP contribution in [0.5, 0.6) is 0 Å². The Labute approximate surface area is 128 Å². The maximum atomic E-state index is 4.77. The molecule has 2 heterocycles. The molecule has 2 aromatic carbocycles. The third-order valence-electron chi connectivity index (χ3n) is 3.78. The van der Waals surface area contributed by atoms with Crippen molar-refractivity contribution in [2.75, 3.05) is 6.54 Å². The second-order valence-corrected chi connectivity index (χ2v) is 6.30. The molecule has 2 heteroatoms. The van der Waals surface area contributed by atoms with E-state index in [1.165, 1.54) is 26.4 Å². The lowest BCUT2D eigenvalue weighted by atomic mass is 9.99. The predicted molar refractivity (Wildman–Crippen MR) is 90.4 cm³/mol. The summed E-state index contributed by atoms with van der Waals surface area (Å²) in [6.07, 6.45) is 1.06. The van der Waals surface area contributed by atoms with Crippen LogP contribution in [0, 0.1) is 0 Å². The Hall–Kier alpha value is -2.19. The molecule has 102 valence electrons. The van der Waals surface area contributed by atoms with Gasteiger partial charge in [0.1, 0.15) is 0 Å². The first-order chi connectivity index (χ1) is 10.4. The van der Waals surface area contributed by atoms with Gasteiger partial charge in [-0.25, -0.2) is 0 Å². The number of nitrogens with zero attached hydrogens (tertiary/aromatic N) is 1. The zero-order chi connectivity index (χ0) is 14.1. The van der Waals surface area contributed by atoms with Crippen LogP contribution in [0.1, 0.15) is 16.0 Å². The molecular weight excluding hydrogens is 274 g/mol. The quantitative estimate of drug-likeness (QED) is 0.642. The molecule has 3 aromatic rings. The third kappa shape index (κ3) is 2.32. The van der Waals surface area contributed by atoms with E-state index in [1.54, 1.807) is 0 Å². The Morgan fingerprint density at radius 1 is 0.810 bits per heavy atom. The van der Waals surface area contributed by atoms with E-state index in [-0.39, 0.29) is 0 Å². The summed E-state index contributed by atoms with van der Waals surface area (Å²) in [4.78, 5) is 7.57. The number of thiophene rings is 1. The monoisotopic (exact) mass is 289 g/mol. The first-order valence-electron chi connectivity index (χ1n) is 7.20. The Kier molecular flexibility index (Phi) is 3.17. The summed E-state index contributed by atoms with van der Waals surface area (Å²) in [5.41, 5.74) is 4.98. The standard InChI is InChI=1S/C19H15NS/c1-3-7-14(8-4-1)18-13-16-17(21-18)11-12-20-19(16)15-9-5-2-6-10-15/h1-10,13H,11-12H2. The van der Waals surface area contributed by atoms with Gasteiger partial charge in [-0.1, -0.05) is 60.7 Å². The zero-order valence-corrected chi connectivity index (χ0v) is 12.4. The molecule has 0 unspecified atom stereocenters. The number of hydrogen-bond donors (Lipinski definition) is 0. The van der Waals surface area contributed by atoms with Crippen LogP contribution in [0.25, 0.3) is 10.4 Å². The summed E-state index contributed by atoms with van der Waals surface area (Å²) in [6.45, 7) is 0.895. The van der Waals surface area contributed by atoms with Gasteiger partial charge in [0.2, 0.25) is 0 Å². The summed E-state index contributed by atoms with van der Waals surface area (Å²) in [7, 11) is 0. The van der Waals surface area contributed by atoms with E-state index in [0.29, 0.717) is 0 Å². The van der Waals surface area contributed by atoms with Crippen LogP contribution in [0.3, 0.4) is 0 Å². The van der Waals surface area contributed by atoms with Crippen molar-refractivity contribution in [1.29, 1.82) is 0 Å². The van der Waals surface area contributed by atoms with Crippen molar-refractivity contribution < 1.29 is 0 Å². The highest BCUT2D eigenvalue weighted by Crippen LogP contribution is 2.34. The van der Waals surface area contributed by atoms with E-state index in [9.17, 15) is 0 Å². The van der Waals surface area contributed by atoms with Crippen molar-refractivity contribution in [3.8, 4) is 10.4 Å². The summed E-state index contributed by atoms with van der Waals surface area (Å²) in [6, 6.07) is 23.4. The number of hydrogen-bond acceptors (Lipinski definition) is 2. The topological polar surface area (TPSA) is 12.4 Å². The first kappa shape index (κ1) is 12.5. The number of fused-ring (bicyclic) bond motifs is 1. The summed E-state index contributed by atoms with van der Waals surface area (Å²) in [5.74, 6) is 0. The van der Waals surface area contributed by atoms with Gasteiger partial charge in [-0.3, -0.25) is 4.99 Å². The van der Waals surface area contributed by atoms with Crippen LogP contribution in [0.2, 0.25) is 0 Å². The zero-order valence-electron chi connectivity index (χ0n) is 11.6. The molecule has 1 aliphatic rings. The Balaban J connectivity index is 1.80. The lowest BCUT2D eigenvalue weighted by Gasteiger charge is -2.12. The molecule has 0 fully saturated rings. The van der Waals surface area contributed by atoms with Gasteiger partial charge in [0, 0.05) is 33.8 Å². The van der Waals surface area contributed by atoms with E-state index in [0.717, 1.165) is 18.7 Å². The van der Waals surface area contributed by atoms with Gasteiger partial charge in [-0.15, -0.1) is 11.3 Å². The number of benzene rings is 2. The molecule has 0 spiro atoms. The minimum atomic E-state index is 0.895. The second kappa shape index (κ2) is 5.30. The Bertz CT molecular complexity index is 785. The Morgan fingerprint density at radius 2 is 1.48 bits per heavy atom. The van der Waals surface area contributed by atoms with Gasteiger partial charge in [0.15, 0.2) is 0 Å². The maximum Gasteiger partial charge on any atom is 0.0730 e. The largest absolute Gasteiger partial charge is 0.284 e. The smallest absolute Gasteiger partial charge is 0.0730 e. The second-order valence-electron chi connectivity index (χ2n) is 5.16. The molecule has 21 heavy (non-hydrogen) atoms. The number of rotatable bonds is 2. The van der Waals surface area contributed by atoms with E-state index >= 15 is 0 Å². The first-order valence-corrected chi connectivity index (χ1v) is 8.02. The summed E-state index contributed by atoms with van der Waals surface area (Å²) in [5, 5.41) is 0. The van der Waals surface area contributed by atoms with Crippen molar-refractivity contribution in [1.82, 2.24) is 0 Å². The highest BCUT2D eigenvalue weighted by atomic mass is 32.1. The molecule has 0 atom stereocenters. The van der Waals surface area contributed by atoms with Crippen molar-refractivity contribution in [2.24, 2.45) is 4.99 Å². The molecule has 0 radical (unpaired) electrons. The molecular formula is C19H15NS. The van der Waals surface area contributed by atoms with Gasteiger partial charge in [0.05, 0.1) is 5.71 Å². The van der Waals surface area contributed by atoms with Crippen molar-refractivity contribution in [3.05, 3.63) is 82.7 Å². The van der Waals surface area contributed by atoms with Gasteiger partial charge in [-0.2, -0.15) is 0 Å². The van der Waals surface area contributed by atoms with E-state index in [2.05, 4.69) is 66.7 Å². The molecule has 1 nitrogen and oxygen atoms in total. The van der Waals surface area contributed by atoms with Crippen molar-refractivity contribution in [3.63, 3.8) is 0 Å². The van der Waals surface area contributed by atoms with E-state index in [4.69, 9.17) is 4.99 Å². The SMILES string of the molecule is c1ccc(C2=NCCc3sc(-c4ccccc4)cc32)cc1. The Morgan fingerprint density at radius 3 is 2.19 bits per heavy atom. The minimum Gasteiger partial charge on any atom is -0.284 e. The van der Waals surface area contributed by atoms with E-state index in [1.807, 2.05) is 11.3 Å². The maximum absolute atomic E-state index is 4.77. The fourth-order valence-corrected chi connectivity index (χ4v) is 3.91. The average molecular weight is 289 g/mol. The third-order valence-corrected chi connectivity index (χ3v) is 5.02. The molecule has 0 amide bonds. The molecule has 1 aliphatic heterocycles. The number of aliphatic imine (C=N–C) groups is 1. The van der Waals surface area contributed by atoms with Crippen LogP contribution in [0.15, 0.2) is 71.7 Å². The van der Waals surface area contributed by atoms with Gasteiger partial charge >= 0.3 is 0 Å². The van der Waals surface area contributed by atoms with E-state index < -0.39 is 0 Å². The molecule has 0 aliphatic carbocycles. The van der Waals surface area contributed by atoms with Gasteiger partial charge in [0.25, 0.3) is 0 Å². The predicted octanol–water partition coefficient (Wildman–Crippen LogP) is 4.81. The van der Waals surface area contributed by atoms with Crippen LogP contribution in [-0.2, 0) is 6.42 Å². The van der Waals surface area contributed by atoms with Gasteiger partial charge < -0.3 is 0 Å². The highest BCUT2D eigenvalue weighted by Gasteiger charge is 2.19. The lowest BCUT2D eigenvalue weighted by Crippen LogP contribution is -2.11. The fourth-order valence-electron chi connectivity index (χ4n) is 2.76. The summed E-state index contributed by atoms with van der Waals surface area (Å²) < 4.78 is 0. The molecule has 0 bridgehead atoms. The highest BCUT2D eigenvalue weighted by molar-refractivity contribution is 7.16. The van der Waals surface area contributed by atoms with Crippen LogP contribution in [0.4, 0.5) is 0 Å². The van der Waals surface area contributed by atoms with Gasteiger partial charge in [-0.05, 0) is 11.6 Å². The van der Waals surface area contributed by atoms with Crippen molar-refractivity contribution in [2.45, 2.75) is 6.42 Å². The fraction of sp³-hybridized carbons (Fsp3) is 0.105. The van der Waals surface area contributed by atoms with Crippen molar-refractivity contribution >= 4 is 17.0 Å². The van der Waals surface area contributed by atoms with Crippen LogP contribution < -0.4 is 0 Å². The minimum absolute atomic E-state index is 0.895.